The second-order valence-corrected chi connectivity index (χ2v) is 11.2. The Kier molecular flexibility index (Phi) is 3.75. The van der Waals surface area contributed by atoms with Gasteiger partial charge in [-0.1, -0.05) is 36.7 Å². The lowest BCUT2D eigenvalue weighted by Crippen LogP contribution is -2.44. The fourth-order valence-corrected chi connectivity index (χ4v) is 2.46. The fourth-order valence-electron chi connectivity index (χ4n) is 1.04. The Labute approximate surface area is 107 Å². The first kappa shape index (κ1) is 13.6. The molecule has 0 saturated heterocycles. The van der Waals surface area contributed by atoms with E-state index in [0.29, 0.717) is 5.69 Å². The van der Waals surface area contributed by atoms with Crippen molar-refractivity contribution in [3.05, 3.63) is 22.7 Å². The van der Waals surface area contributed by atoms with E-state index in [4.69, 9.17) is 10.2 Å². The summed E-state index contributed by atoms with van der Waals surface area (Å²) in [5.41, 5.74) is 6.63. The zero-order chi connectivity index (χ0) is 12.6. The van der Waals surface area contributed by atoms with E-state index in [0.717, 1.165) is 10.2 Å². The van der Waals surface area contributed by atoms with Crippen LogP contribution in [-0.4, -0.2) is 8.32 Å². The van der Waals surface area contributed by atoms with Crippen LogP contribution in [0, 0.1) is 0 Å². The van der Waals surface area contributed by atoms with Gasteiger partial charge in [0.05, 0.1) is 5.69 Å². The lowest BCUT2D eigenvalue weighted by molar-refractivity contribution is 0.494. The van der Waals surface area contributed by atoms with Crippen LogP contribution < -0.4 is 10.2 Å². The second-order valence-electron chi connectivity index (χ2n) is 5.54. The zero-order valence-electron chi connectivity index (χ0n) is 10.6. The van der Waals surface area contributed by atoms with E-state index in [1.54, 1.807) is 0 Å². The molecule has 1 aromatic rings. The normalized spacial score (nSPS) is 12.6. The average molecular weight is 302 g/mol. The molecular weight excluding hydrogens is 282 g/mol. The summed E-state index contributed by atoms with van der Waals surface area (Å²) in [7, 11) is -1.79. The minimum atomic E-state index is -1.79. The van der Waals surface area contributed by atoms with Crippen LogP contribution in [0.25, 0.3) is 0 Å². The number of rotatable bonds is 2. The molecule has 1 aromatic carbocycles. The van der Waals surface area contributed by atoms with Crippen LogP contribution in [0.3, 0.4) is 0 Å². The minimum Gasteiger partial charge on any atom is -0.542 e. The van der Waals surface area contributed by atoms with Gasteiger partial charge >= 0.3 is 0 Å². The van der Waals surface area contributed by atoms with Crippen LogP contribution in [0.4, 0.5) is 5.69 Å². The van der Waals surface area contributed by atoms with E-state index in [1.807, 2.05) is 18.2 Å². The molecule has 0 bridgehead atoms. The van der Waals surface area contributed by atoms with Crippen LogP contribution in [-0.2, 0) is 0 Å². The van der Waals surface area contributed by atoms with Gasteiger partial charge in [-0.25, -0.2) is 0 Å². The minimum absolute atomic E-state index is 0.187. The van der Waals surface area contributed by atoms with Crippen molar-refractivity contribution < 1.29 is 4.43 Å². The number of benzene rings is 1. The quantitative estimate of drug-likeness (QED) is 0.648. The molecule has 90 valence electrons. The molecule has 0 aromatic heterocycles. The molecule has 1 rings (SSSR count). The first-order valence-electron chi connectivity index (χ1n) is 5.37. The number of nitrogen functional groups attached to an aromatic ring is 1. The van der Waals surface area contributed by atoms with Crippen LogP contribution >= 0.6 is 15.9 Å². The van der Waals surface area contributed by atoms with Gasteiger partial charge in [0.1, 0.15) is 5.75 Å². The highest BCUT2D eigenvalue weighted by Crippen LogP contribution is 2.39. The number of hydrogen-bond donors (Lipinski definition) is 1. The predicted molar refractivity (Wildman–Crippen MR) is 76.4 cm³/mol. The fraction of sp³-hybridized carbons (Fsp3) is 0.500. The van der Waals surface area contributed by atoms with Gasteiger partial charge in [0, 0.05) is 4.47 Å². The third-order valence-corrected chi connectivity index (χ3v) is 7.98. The zero-order valence-corrected chi connectivity index (χ0v) is 13.2. The van der Waals surface area contributed by atoms with E-state index >= 15 is 0 Å². The summed E-state index contributed by atoms with van der Waals surface area (Å²) in [6, 6.07) is 5.77. The number of hydrogen-bond acceptors (Lipinski definition) is 2. The van der Waals surface area contributed by atoms with Gasteiger partial charge in [0.2, 0.25) is 0 Å². The molecule has 2 nitrogen and oxygen atoms in total. The van der Waals surface area contributed by atoms with E-state index in [9.17, 15) is 0 Å². The Hall–Kier alpha value is -0.483. The summed E-state index contributed by atoms with van der Waals surface area (Å²) < 4.78 is 7.12. The Morgan fingerprint density at radius 1 is 1.25 bits per heavy atom. The first-order valence-corrected chi connectivity index (χ1v) is 9.08. The molecule has 0 fully saturated rings. The van der Waals surface area contributed by atoms with Gasteiger partial charge in [-0.05, 0) is 36.3 Å². The third kappa shape index (κ3) is 3.01. The highest BCUT2D eigenvalue weighted by atomic mass is 79.9. The van der Waals surface area contributed by atoms with Crippen molar-refractivity contribution in [1.29, 1.82) is 0 Å². The van der Waals surface area contributed by atoms with Crippen LogP contribution in [0.15, 0.2) is 22.7 Å². The first-order chi connectivity index (χ1) is 7.13. The van der Waals surface area contributed by atoms with Crippen LogP contribution in [0.1, 0.15) is 20.8 Å². The van der Waals surface area contributed by atoms with Gasteiger partial charge in [-0.3, -0.25) is 0 Å². The maximum absolute atomic E-state index is 6.15. The van der Waals surface area contributed by atoms with E-state index in [-0.39, 0.29) is 5.04 Å². The summed E-state index contributed by atoms with van der Waals surface area (Å²) in [6.07, 6.45) is 0. The van der Waals surface area contributed by atoms with Gasteiger partial charge < -0.3 is 10.2 Å². The Balaban J connectivity index is 2.97. The predicted octanol–water partition coefficient (Wildman–Crippen LogP) is 4.42. The summed E-state index contributed by atoms with van der Waals surface area (Å²) in [6.45, 7) is 11.1. The molecular formula is C12H20BrNOSi. The van der Waals surface area contributed by atoms with E-state index < -0.39 is 8.32 Å². The van der Waals surface area contributed by atoms with Gasteiger partial charge in [0.25, 0.3) is 8.32 Å². The maximum Gasteiger partial charge on any atom is 0.250 e. The van der Waals surface area contributed by atoms with Crippen molar-refractivity contribution in [3.8, 4) is 5.75 Å². The maximum atomic E-state index is 6.15. The van der Waals surface area contributed by atoms with Crippen molar-refractivity contribution in [2.45, 2.75) is 38.9 Å². The van der Waals surface area contributed by atoms with Crippen LogP contribution in [0.5, 0.6) is 5.75 Å². The van der Waals surface area contributed by atoms with Crippen molar-refractivity contribution in [2.75, 3.05) is 5.73 Å². The van der Waals surface area contributed by atoms with Gasteiger partial charge in [-0.15, -0.1) is 0 Å². The Bertz CT molecular complexity index is 385. The molecule has 0 aliphatic rings. The summed E-state index contributed by atoms with van der Waals surface area (Å²) >= 11 is 3.39. The number of halogens is 1. The van der Waals surface area contributed by atoms with Crippen molar-refractivity contribution in [1.82, 2.24) is 0 Å². The molecule has 0 aliphatic carbocycles. The van der Waals surface area contributed by atoms with Crippen molar-refractivity contribution in [2.24, 2.45) is 0 Å². The van der Waals surface area contributed by atoms with E-state index in [1.165, 1.54) is 0 Å². The third-order valence-electron chi connectivity index (χ3n) is 3.14. The highest BCUT2D eigenvalue weighted by Gasteiger charge is 2.39. The summed E-state index contributed by atoms with van der Waals surface area (Å²) in [5, 5.41) is 0.187. The topological polar surface area (TPSA) is 35.2 Å². The lowest BCUT2D eigenvalue weighted by atomic mass is 10.2. The van der Waals surface area contributed by atoms with Gasteiger partial charge in [-0.2, -0.15) is 0 Å². The highest BCUT2D eigenvalue weighted by molar-refractivity contribution is 9.10. The molecule has 0 radical (unpaired) electrons. The van der Waals surface area contributed by atoms with Crippen molar-refractivity contribution in [3.63, 3.8) is 0 Å². The molecule has 0 aliphatic heterocycles. The lowest BCUT2D eigenvalue weighted by Gasteiger charge is -2.36. The molecule has 0 spiro atoms. The summed E-state index contributed by atoms with van der Waals surface area (Å²) in [4.78, 5) is 0. The molecule has 4 heteroatoms. The Morgan fingerprint density at radius 2 is 1.81 bits per heavy atom. The standard InChI is InChI=1S/C12H20BrNOSi/c1-12(2,3)16(4,5)15-11-7-6-9(13)8-10(11)14/h6-8H,14H2,1-5H3. The van der Waals surface area contributed by atoms with E-state index in [2.05, 4.69) is 49.8 Å². The molecule has 0 heterocycles. The van der Waals surface area contributed by atoms with Crippen LogP contribution in [0.2, 0.25) is 18.1 Å². The molecule has 0 unspecified atom stereocenters. The SMILES string of the molecule is CC(C)(C)[Si](C)(C)Oc1ccc(Br)cc1N. The molecule has 0 atom stereocenters. The Morgan fingerprint density at radius 3 is 2.25 bits per heavy atom. The van der Waals surface area contributed by atoms with Crippen molar-refractivity contribution >= 4 is 29.9 Å². The second kappa shape index (κ2) is 4.41. The molecule has 0 amide bonds. The monoisotopic (exact) mass is 301 g/mol. The molecule has 16 heavy (non-hydrogen) atoms. The number of anilines is 1. The largest absolute Gasteiger partial charge is 0.542 e. The smallest absolute Gasteiger partial charge is 0.250 e. The van der Waals surface area contributed by atoms with Gasteiger partial charge in [0.15, 0.2) is 0 Å². The summed E-state index contributed by atoms with van der Waals surface area (Å²) in [5.74, 6) is 0.801. The average Bonchev–Trinajstić information content (AvgIpc) is 2.08. The molecule has 0 saturated carbocycles. The number of nitrogens with two attached hydrogens (primary N) is 1. The molecule has 2 N–H and O–H groups in total.